The lowest BCUT2D eigenvalue weighted by molar-refractivity contribution is 0.538. The lowest BCUT2D eigenvalue weighted by Crippen LogP contribution is -2.48. The second-order valence-corrected chi connectivity index (χ2v) is 7.80. The summed E-state index contributed by atoms with van der Waals surface area (Å²) in [6.07, 6.45) is 1.83. The summed E-state index contributed by atoms with van der Waals surface area (Å²) in [6.45, 7) is 16.3. The van der Waals surface area contributed by atoms with E-state index in [4.69, 9.17) is 9.97 Å². The van der Waals surface area contributed by atoms with Gasteiger partial charge >= 0.3 is 0 Å². The number of aromatic nitrogens is 4. The monoisotopic (exact) mass is 340 g/mol. The van der Waals surface area contributed by atoms with Crippen molar-refractivity contribution in [2.24, 2.45) is 0 Å². The Hall–Kier alpha value is -2.24. The minimum absolute atomic E-state index is 0.0512. The fraction of sp³-hybridized carbons (Fsp3) is 0.579. The SMILES string of the molecule is Cc1ccnc(N2CCN(c3nc(C(C)(C)C)nc(C)c3C)CC2)n1. The summed E-state index contributed by atoms with van der Waals surface area (Å²) in [7, 11) is 0. The molecule has 0 atom stereocenters. The third-order valence-corrected chi connectivity index (χ3v) is 4.68. The maximum Gasteiger partial charge on any atom is 0.225 e. The van der Waals surface area contributed by atoms with Crippen molar-refractivity contribution in [3.8, 4) is 0 Å². The van der Waals surface area contributed by atoms with E-state index < -0.39 is 0 Å². The number of nitrogens with zero attached hydrogens (tertiary/aromatic N) is 6. The Morgan fingerprint density at radius 1 is 0.880 bits per heavy atom. The van der Waals surface area contributed by atoms with Gasteiger partial charge in [-0.2, -0.15) is 0 Å². The molecule has 2 aromatic rings. The zero-order chi connectivity index (χ0) is 18.2. The highest BCUT2D eigenvalue weighted by molar-refractivity contribution is 5.50. The highest BCUT2D eigenvalue weighted by atomic mass is 15.3. The van der Waals surface area contributed by atoms with Crippen LogP contribution in [0.15, 0.2) is 12.3 Å². The fourth-order valence-electron chi connectivity index (χ4n) is 2.96. The van der Waals surface area contributed by atoms with Gasteiger partial charge in [0.1, 0.15) is 11.6 Å². The number of aryl methyl sites for hydroxylation is 2. The quantitative estimate of drug-likeness (QED) is 0.838. The second-order valence-electron chi connectivity index (χ2n) is 7.80. The summed E-state index contributed by atoms with van der Waals surface area (Å²) in [6, 6.07) is 1.93. The van der Waals surface area contributed by atoms with Gasteiger partial charge in [-0.05, 0) is 26.8 Å². The predicted molar refractivity (Wildman–Crippen MR) is 101 cm³/mol. The first-order chi connectivity index (χ1) is 11.8. The second kappa shape index (κ2) is 6.58. The molecule has 0 saturated carbocycles. The average molecular weight is 340 g/mol. The number of hydrogen-bond acceptors (Lipinski definition) is 6. The Kier molecular flexibility index (Phi) is 4.62. The Morgan fingerprint density at radius 2 is 1.52 bits per heavy atom. The summed E-state index contributed by atoms with van der Waals surface area (Å²) in [4.78, 5) is 23.2. The van der Waals surface area contributed by atoms with E-state index in [1.807, 2.05) is 19.2 Å². The first-order valence-electron chi connectivity index (χ1n) is 8.91. The standard InChI is InChI=1S/C19H28N6/c1-13-7-8-20-18(21-13)25-11-9-24(10-12-25)16-14(2)15(3)22-17(23-16)19(4,5)6/h7-8H,9-12H2,1-6H3. The molecule has 3 heterocycles. The normalized spacial score (nSPS) is 15.6. The van der Waals surface area contributed by atoms with E-state index in [0.29, 0.717) is 0 Å². The number of hydrogen-bond donors (Lipinski definition) is 0. The van der Waals surface area contributed by atoms with Gasteiger partial charge in [-0.25, -0.2) is 19.9 Å². The van der Waals surface area contributed by atoms with E-state index in [9.17, 15) is 0 Å². The van der Waals surface area contributed by atoms with Crippen molar-refractivity contribution in [3.63, 3.8) is 0 Å². The number of rotatable bonds is 2. The topological polar surface area (TPSA) is 58.0 Å². The molecule has 1 aliphatic rings. The third kappa shape index (κ3) is 3.72. The van der Waals surface area contributed by atoms with Crippen molar-refractivity contribution in [1.82, 2.24) is 19.9 Å². The maximum absolute atomic E-state index is 4.90. The Morgan fingerprint density at radius 3 is 2.12 bits per heavy atom. The molecule has 0 radical (unpaired) electrons. The zero-order valence-corrected chi connectivity index (χ0v) is 16.2. The van der Waals surface area contributed by atoms with Crippen LogP contribution in [0.25, 0.3) is 0 Å². The van der Waals surface area contributed by atoms with Crippen LogP contribution in [0.5, 0.6) is 0 Å². The Labute approximate surface area is 150 Å². The van der Waals surface area contributed by atoms with Gasteiger partial charge < -0.3 is 9.80 Å². The molecule has 2 aromatic heterocycles. The van der Waals surface area contributed by atoms with Crippen molar-refractivity contribution in [2.75, 3.05) is 36.0 Å². The predicted octanol–water partition coefficient (Wildman–Crippen LogP) is 2.82. The first-order valence-corrected chi connectivity index (χ1v) is 8.91. The largest absolute Gasteiger partial charge is 0.353 e. The molecule has 6 nitrogen and oxygen atoms in total. The van der Waals surface area contributed by atoms with E-state index in [2.05, 4.69) is 54.4 Å². The smallest absolute Gasteiger partial charge is 0.225 e. The van der Waals surface area contributed by atoms with Crippen LogP contribution in [0.2, 0.25) is 0 Å². The molecule has 6 heteroatoms. The van der Waals surface area contributed by atoms with E-state index in [1.54, 1.807) is 0 Å². The highest BCUT2D eigenvalue weighted by Crippen LogP contribution is 2.26. The molecule has 1 fully saturated rings. The van der Waals surface area contributed by atoms with E-state index in [1.165, 1.54) is 5.56 Å². The van der Waals surface area contributed by atoms with E-state index >= 15 is 0 Å². The molecule has 0 spiro atoms. The molecule has 134 valence electrons. The van der Waals surface area contributed by atoms with Crippen molar-refractivity contribution in [2.45, 2.75) is 47.0 Å². The van der Waals surface area contributed by atoms with Crippen LogP contribution in [0.4, 0.5) is 11.8 Å². The molecule has 3 rings (SSSR count). The zero-order valence-electron chi connectivity index (χ0n) is 16.2. The molecule has 1 aliphatic heterocycles. The number of anilines is 2. The molecule has 0 N–H and O–H groups in total. The summed E-state index contributed by atoms with van der Waals surface area (Å²) >= 11 is 0. The van der Waals surface area contributed by atoms with Crippen LogP contribution >= 0.6 is 0 Å². The molecule has 0 bridgehead atoms. The van der Waals surface area contributed by atoms with Crippen LogP contribution in [0, 0.1) is 20.8 Å². The minimum Gasteiger partial charge on any atom is -0.353 e. The van der Waals surface area contributed by atoms with Crippen molar-refractivity contribution < 1.29 is 0 Å². The Balaban J connectivity index is 1.80. The van der Waals surface area contributed by atoms with Crippen LogP contribution in [0.3, 0.4) is 0 Å². The fourth-order valence-corrected chi connectivity index (χ4v) is 2.96. The highest BCUT2D eigenvalue weighted by Gasteiger charge is 2.25. The van der Waals surface area contributed by atoms with Gasteiger partial charge in [-0.3, -0.25) is 0 Å². The van der Waals surface area contributed by atoms with Gasteiger partial charge in [-0.15, -0.1) is 0 Å². The maximum atomic E-state index is 4.90. The van der Waals surface area contributed by atoms with Gasteiger partial charge in [0.15, 0.2) is 0 Å². The van der Waals surface area contributed by atoms with E-state index in [-0.39, 0.29) is 5.41 Å². The lowest BCUT2D eigenvalue weighted by atomic mass is 9.95. The average Bonchev–Trinajstić information content (AvgIpc) is 2.56. The lowest BCUT2D eigenvalue weighted by Gasteiger charge is -2.36. The third-order valence-electron chi connectivity index (χ3n) is 4.68. The van der Waals surface area contributed by atoms with E-state index in [0.717, 1.165) is 55.2 Å². The van der Waals surface area contributed by atoms with Crippen molar-refractivity contribution in [3.05, 3.63) is 35.0 Å². The summed E-state index contributed by atoms with van der Waals surface area (Å²) in [5.41, 5.74) is 3.20. The van der Waals surface area contributed by atoms with Gasteiger partial charge in [0.25, 0.3) is 0 Å². The molecule has 25 heavy (non-hydrogen) atoms. The number of piperazine rings is 1. The molecule has 0 amide bonds. The van der Waals surface area contributed by atoms with Crippen LogP contribution < -0.4 is 9.80 Å². The molecular formula is C19H28N6. The molecular weight excluding hydrogens is 312 g/mol. The van der Waals surface area contributed by atoms with Gasteiger partial charge in [0, 0.05) is 54.7 Å². The van der Waals surface area contributed by atoms with Gasteiger partial charge in [-0.1, -0.05) is 20.8 Å². The van der Waals surface area contributed by atoms with Crippen molar-refractivity contribution >= 4 is 11.8 Å². The van der Waals surface area contributed by atoms with Gasteiger partial charge in [0.05, 0.1) is 0 Å². The Bertz CT molecular complexity index is 757. The summed E-state index contributed by atoms with van der Waals surface area (Å²) in [5, 5.41) is 0. The first kappa shape index (κ1) is 17.6. The minimum atomic E-state index is -0.0512. The van der Waals surface area contributed by atoms with Crippen LogP contribution in [-0.2, 0) is 5.41 Å². The van der Waals surface area contributed by atoms with Crippen LogP contribution in [0.1, 0.15) is 43.5 Å². The van der Waals surface area contributed by atoms with Crippen LogP contribution in [-0.4, -0.2) is 46.1 Å². The summed E-state index contributed by atoms with van der Waals surface area (Å²) in [5.74, 6) is 2.81. The molecule has 0 aliphatic carbocycles. The molecule has 0 unspecified atom stereocenters. The molecule has 1 saturated heterocycles. The summed E-state index contributed by atoms with van der Waals surface area (Å²) < 4.78 is 0. The van der Waals surface area contributed by atoms with Crippen molar-refractivity contribution in [1.29, 1.82) is 0 Å². The molecule has 0 aromatic carbocycles. The van der Waals surface area contributed by atoms with Gasteiger partial charge in [0.2, 0.25) is 5.95 Å².